The van der Waals surface area contributed by atoms with Gasteiger partial charge < -0.3 is 4.74 Å². The van der Waals surface area contributed by atoms with Crippen molar-refractivity contribution in [2.24, 2.45) is 0 Å². The van der Waals surface area contributed by atoms with E-state index in [0.717, 1.165) is 40.5 Å². The molecule has 1 aliphatic rings. The van der Waals surface area contributed by atoms with Crippen LogP contribution in [0.4, 0.5) is 0 Å². The topological polar surface area (TPSA) is 42.7 Å². The van der Waals surface area contributed by atoms with Crippen molar-refractivity contribution in [3.63, 3.8) is 0 Å². The molecular weight excluding hydrogens is 388 g/mol. The van der Waals surface area contributed by atoms with Crippen LogP contribution in [-0.4, -0.2) is 44.8 Å². The zero-order valence-electron chi connectivity index (χ0n) is 13.6. The van der Waals surface area contributed by atoms with Crippen LogP contribution in [-0.2, 0) is 11.3 Å². The van der Waals surface area contributed by atoms with Crippen LogP contribution in [0.3, 0.4) is 0 Å². The van der Waals surface area contributed by atoms with E-state index in [2.05, 4.69) is 67.6 Å². The highest BCUT2D eigenvalue weighted by Crippen LogP contribution is 2.27. The summed E-state index contributed by atoms with van der Waals surface area (Å²) in [5, 5.41) is 8.69. The lowest BCUT2D eigenvalue weighted by Gasteiger charge is -2.34. The summed E-state index contributed by atoms with van der Waals surface area (Å²) in [4.78, 5) is 4.70. The molecule has 0 saturated carbocycles. The Bertz CT molecular complexity index is 851. The van der Waals surface area contributed by atoms with Crippen LogP contribution in [0.5, 0.6) is 0 Å². The molecule has 0 amide bonds. The summed E-state index contributed by atoms with van der Waals surface area (Å²) in [6, 6.07) is 8.16. The van der Waals surface area contributed by atoms with Crippen molar-refractivity contribution in [1.82, 2.24) is 19.5 Å². The number of halogens is 1. The van der Waals surface area contributed by atoms with E-state index < -0.39 is 0 Å². The molecule has 1 fully saturated rings. The minimum atomic E-state index is 0.289. The Balaban J connectivity index is 1.60. The van der Waals surface area contributed by atoms with E-state index in [4.69, 9.17) is 4.74 Å². The zero-order valence-corrected chi connectivity index (χ0v) is 16.0. The van der Waals surface area contributed by atoms with Crippen LogP contribution in [0.2, 0.25) is 0 Å². The van der Waals surface area contributed by atoms with Crippen LogP contribution < -0.4 is 0 Å². The number of thiazole rings is 1. The Kier molecular flexibility index (Phi) is 4.42. The molecule has 3 aromatic rings. The fraction of sp³-hybridized carbons (Fsp3) is 0.412. The quantitative estimate of drug-likeness (QED) is 0.662. The molecule has 1 aliphatic heterocycles. The molecule has 2 aromatic heterocycles. The molecule has 0 unspecified atom stereocenters. The van der Waals surface area contributed by atoms with E-state index in [-0.39, 0.29) is 12.2 Å². The summed E-state index contributed by atoms with van der Waals surface area (Å²) in [5.74, 6) is 0.887. The first-order valence-electron chi connectivity index (χ1n) is 8.05. The molecule has 3 heterocycles. The van der Waals surface area contributed by atoms with Gasteiger partial charge in [0.15, 0.2) is 5.82 Å². The van der Waals surface area contributed by atoms with Crippen LogP contribution in [0, 0.1) is 0 Å². The van der Waals surface area contributed by atoms with Crippen molar-refractivity contribution < 1.29 is 4.74 Å². The van der Waals surface area contributed by atoms with Crippen molar-refractivity contribution in [3.8, 4) is 11.4 Å². The van der Waals surface area contributed by atoms with Gasteiger partial charge in [-0.05, 0) is 26.0 Å². The summed E-state index contributed by atoms with van der Waals surface area (Å²) in [7, 11) is 0. The van der Waals surface area contributed by atoms with Gasteiger partial charge in [0, 0.05) is 40.7 Å². The number of nitrogens with zero attached hydrogens (tertiary/aromatic N) is 4. The Hall–Kier alpha value is -1.28. The summed E-state index contributed by atoms with van der Waals surface area (Å²) < 4.78 is 8.95. The summed E-state index contributed by atoms with van der Waals surface area (Å²) in [5.41, 5.74) is 1.06. The molecule has 0 aliphatic carbocycles. The Labute approximate surface area is 153 Å². The molecule has 0 bridgehead atoms. The van der Waals surface area contributed by atoms with Gasteiger partial charge >= 0.3 is 0 Å². The fourth-order valence-corrected chi connectivity index (χ4v) is 4.64. The molecule has 2 atom stereocenters. The van der Waals surface area contributed by atoms with Gasteiger partial charge in [0.2, 0.25) is 4.96 Å². The van der Waals surface area contributed by atoms with Gasteiger partial charge in [-0.15, -0.1) is 10.2 Å². The number of benzene rings is 1. The Morgan fingerprint density at radius 3 is 2.79 bits per heavy atom. The van der Waals surface area contributed by atoms with Crippen molar-refractivity contribution in [1.29, 1.82) is 0 Å². The molecule has 7 heteroatoms. The third-order valence-electron chi connectivity index (χ3n) is 4.12. The third-order valence-corrected chi connectivity index (χ3v) is 5.57. The van der Waals surface area contributed by atoms with E-state index in [9.17, 15) is 0 Å². The van der Waals surface area contributed by atoms with Gasteiger partial charge in [-0.3, -0.25) is 9.30 Å². The first-order valence-corrected chi connectivity index (χ1v) is 9.66. The maximum absolute atomic E-state index is 5.82. The molecule has 24 heavy (non-hydrogen) atoms. The number of ether oxygens (including phenoxy) is 1. The maximum Gasteiger partial charge on any atom is 0.216 e. The van der Waals surface area contributed by atoms with Crippen LogP contribution in [0.25, 0.3) is 16.3 Å². The predicted molar refractivity (Wildman–Crippen MR) is 99.3 cm³/mol. The van der Waals surface area contributed by atoms with Crippen molar-refractivity contribution in [3.05, 3.63) is 39.8 Å². The first kappa shape index (κ1) is 16.2. The minimum Gasteiger partial charge on any atom is -0.373 e. The predicted octanol–water partition coefficient (Wildman–Crippen LogP) is 3.83. The van der Waals surface area contributed by atoms with Gasteiger partial charge in [-0.2, -0.15) is 0 Å². The molecule has 4 rings (SSSR count). The molecule has 126 valence electrons. The SMILES string of the molecule is C[C@@H]1CN(Cc2cn3c(-c4cccc(Br)c4)nnc3s2)C[C@@H](C)O1. The average molecular weight is 407 g/mol. The second kappa shape index (κ2) is 6.55. The van der Waals surface area contributed by atoms with Crippen molar-refractivity contribution in [2.45, 2.75) is 32.6 Å². The number of hydrogen-bond acceptors (Lipinski definition) is 5. The standard InChI is InChI=1S/C17H19BrN4OS/c1-11-7-21(8-12(2)23-11)9-15-10-22-16(19-20-17(22)24-15)13-4-3-5-14(18)6-13/h3-6,10-12H,7-9H2,1-2H3/t11-,12-/m1/s1. The number of aromatic nitrogens is 3. The van der Waals surface area contributed by atoms with Gasteiger partial charge in [0.1, 0.15) is 0 Å². The lowest BCUT2D eigenvalue weighted by atomic mass is 10.2. The zero-order chi connectivity index (χ0) is 16.7. The van der Waals surface area contributed by atoms with Gasteiger partial charge in [0.05, 0.1) is 12.2 Å². The number of hydrogen-bond donors (Lipinski definition) is 0. The molecule has 1 saturated heterocycles. The van der Waals surface area contributed by atoms with E-state index in [0.29, 0.717) is 0 Å². The van der Waals surface area contributed by atoms with E-state index in [1.165, 1.54) is 4.88 Å². The minimum absolute atomic E-state index is 0.289. The highest BCUT2D eigenvalue weighted by molar-refractivity contribution is 9.10. The van der Waals surface area contributed by atoms with Gasteiger partial charge in [-0.1, -0.05) is 39.4 Å². The number of rotatable bonds is 3. The van der Waals surface area contributed by atoms with Crippen LogP contribution >= 0.6 is 27.3 Å². The normalized spacial score (nSPS) is 22.3. The second-order valence-corrected chi connectivity index (χ2v) is 8.34. The largest absolute Gasteiger partial charge is 0.373 e. The molecule has 5 nitrogen and oxygen atoms in total. The first-order chi connectivity index (χ1) is 11.6. The van der Waals surface area contributed by atoms with Crippen LogP contribution in [0.15, 0.2) is 34.9 Å². The Morgan fingerprint density at radius 1 is 1.25 bits per heavy atom. The highest BCUT2D eigenvalue weighted by Gasteiger charge is 2.23. The summed E-state index contributed by atoms with van der Waals surface area (Å²) >= 11 is 5.23. The van der Waals surface area contributed by atoms with E-state index in [1.807, 2.05) is 12.1 Å². The molecule has 0 radical (unpaired) electrons. The Morgan fingerprint density at radius 2 is 2.04 bits per heavy atom. The highest BCUT2D eigenvalue weighted by atomic mass is 79.9. The number of fused-ring (bicyclic) bond motifs is 1. The lowest BCUT2D eigenvalue weighted by Crippen LogP contribution is -2.44. The molecule has 1 aromatic carbocycles. The number of morpholine rings is 1. The maximum atomic E-state index is 5.82. The third kappa shape index (κ3) is 3.26. The second-order valence-electron chi connectivity index (χ2n) is 6.34. The van der Waals surface area contributed by atoms with E-state index in [1.54, 1.807) is 11.3 Å². The van der Waals surface area contributed by atoms with Crippen LogP contribution in [0.1, 0.15) is 18.7 Å². The van der Waals surface area contributed by atoms with Crippen molar-refractivity contribution >= 4 is 32.2 Å². The monoisotopic (exact) mass is 406 g/mol. The van der Waals surface area contributed by atoms with E-state index >= 15 is 0 Å². The average Bonchev–Trinajstić information content (AvgIpc) is 3.05. The smallest absolute Gasteiger partial charge is 0.216 e. The lowest BCUT2D eigenvalue weighted by molar-refractivity contribution is -0.0702. The molecule has 0 N–H and O–H groups in total. The molecular formula is C17H19BrN4OS. The van der Waals surface area contributed by atoms with Gasteiger partial charge in [0.25, 0.3) is 0 Å². The summed E-state index contributed by atoms with van der Waals surface area (Å²) in [6.45, 7) is 7.16. The van der Waals surface area contributed by atoms with Crippen molar-refractivity contribution in [2.75, 3.05) is 13.1 Å². The molecule has 0 spiro atoms. The summed E-state index contributed by atoms with van der Waals surface area (Å²) in [6.07, 6.45) is 2.74. The fourth-order valence-electron chi connectivity index (χ4n) is 3.28. The van der Waals surface area contributed by atoms with Gasteiger partial charge in [-0.25, -0.2) is 0 Å².